The van der Waals surface area contributed by atoms with Gasteiger partial charge < -0.3 is 20.7 Å². The smallest absolute Gasteiger partial charge is 0.304 e. The van der Waals surface area contributed by atoms with Gasteiger partial charge in [-0.15, -0.1) is 0 Å². The number of amides is 1. The molecule has 94 valence electrons. The Morgan fingerprint density at radius 1 is 1.25 bits per heavy atom. The Labute approximate surface area is 93.8 Å². The minimum atomic E-state index is -0.925. The fourth-order valence-electron chi connectivity index (χ4n) is 1.10. The Morgan fingerprint density at radius 3 is 2.44 bits per heavy atom. The zero-order chi connectivity index (χ0) is 12.4. The van der Waals surface area contributed by atoms with Crippen molar-refractivity contribution in [3.63, 3.8) is 0 Å². The number of carbonyl (C=O) groups is 2. The minimum absolute atomic E-state index is 0.00969. The summed E-state index contributed by atoms with van der Waals surface area (Å²) in [7, 11) is 0. The first-order valence-electron chi connectivity index (χ1n) is 4.97. The SMILES string of the molecule is NC(=O)CN(CCOCCO)CCC(=O)O. The summed E-state index contributed by atoms with van der Waals surface area (Å²) in [6.07, 6.45) is -0.0483. The Kier molecular flexibility index (Phi) is 8.41. The molecular formula is C9H18N2O5. The van der Waals surface area contributed by atoms with Crippen LogP contribution in [0.5, 0.6) is 0 Å². The van der Waals surface area contributed by atoms with E-state index in [1.807, 2.05) is 0 Å². The fraction of sp³-hybridized carbons (Fsp3) is 0.778. The number of primary amides is 1. The summed E-state index contributed by atoms with van der Waals surface area (Å²) < 4.78 is 5.01. The van der Waals surface area contributed by atoms with Crippen LogP contribution in [0.3, 0.4) is 0 Å². The van der Waals surface area contributed by atoms with E-state index in [0.717, 1.165) is 0 Å². The van der Waals surface area contributed by atoms with E-state index >= 15 is 0 Å². The number of nitrogens with two attached hydrogens (primary N) is 1. The lowest BCUT2D eigenvalue weighted by Gasteiger charge is -2.19. The Balaban J connectivity index is 3.80. The van der Waals surface area contributed by atoms with Crippen LogP contribution in [-0.2, 0) is 14.3 Å². The lowest BCUT2D eigenvalue weighted by atomic mass is 10.3. The van der Waals surface area contributed by atoms with Gasteiger partial charge in [-0.05, 0) is 0 Å². The van der Waals surface area contributed by atoms with Gasteiger partial charge in [0.1, 0.15) is 0 Å². The fourth-order valence-corrected chi connectivity index (χ4v) is 1.10. The highest BCUT2D eigenvalue weighted by Gasteiger charge is 2.09. The number of aliphatic carboxylic acids is 1. The molecule has 0 aromatic heterocycles. The summed E-state index contributed by atoms with van der Waals surface area (Å²) in [4.78, 5) is 22.7. The maximum atomic E-state index is 10.7. The summed E-state index contributed by atoms with van der Waals surface area (Å²) in [6, 6.07) is 0. The molecule has 0 atom stereocenters. The van der Waals surface area contributed by atoms with E-state index in [0.29, 0.717) is 13.2 Å². The Morgan fingerprint density at radius 2 is 1.94 bits per heavy atom. The van der Waals surface area contributed by atoms with Crippen LogP contribution in [0.1, 0.15) is 6.42 Å². The lowest BCUT2D eigenvalue weighted by Crippen LogP contribution is -2.37. The number of carboxylic acids is 1. The first-order chi connectivity index (χ1) is 7.56. The average molecular weight is 234 g/mol. The number of aliphatic hydroxyl groups is 1. The molecule has 0 rings (SSSR count). The summed E-state index contributed by atoms with van der Waals surface area (Å²) in [5.74, 6) is -1.43. The van der Waals surface area contributed by atoms with Crippen LogP contribution >= 0.6 is 0 Å². The molecule has 0 aliphatic heterocycles. The van der Waals surface area contributed by atoms with Crippen LogP contribution in [0.15, 0.2) is 0 Å². The zero-order valence-corrected chi connectivity index (χ0v) is 9.09. The molecule has 0 aliphatic carbocycles. The highest BCUT2D eigenvalue weighted by atomic mass is 16.5. The van der Waals surface area contributed by atoms with Gasteiger partial charge in [0.25, 0.3) is 0 Å². The van der Waals surface area contributed by atoms with Gasteiger partial charge in [0.2, 0.25) is 5.91 Å². The van der Waals surface area contributed by atoms with Gasteiger partial charge in [-0.1, -0.05) is 0 Å². The van der Waals surface area contributed by atoms with Crippen LogP contribution in [0.2, 0.25) is 0 Å². The predicted molar refractivity (Wildman–Crippen MR) is 55.8 cm³/mol. The number of ether oxygens (including phenoxy) is 1. The van der Waals surface area contributed by atoms with Crippen molar-refractivity contribution in [1.29, 1.82) is 0 Å². The van der Waals surface area contributed by atoms with Crippen LogP contribution in [0, 0.1) is 0 Å². The third kappa shape index (κ3) is 9.38. The van der Waals surface area contributed by atoms with E-state index < -0.39 is 11.9 Å². The molecule has 7 heteroatoms. The molecule has 4 N–H and O–H groups in total. The largest absolute Gasteiger partial charge is 0.481 e. The maximum Gasteiger partial charge on any atom is 0.304 e. The molecule has 0 heterocycles. The molecule has 0 unspecified atom stereocenters. The Hall–Kier alpha value is -1.18. The zero-order valence-electron chi connectivity index (χ0n) is 9.09. The van der Waals surface area contributed by atoms with Crippen LogP contribution in [0.4, 0.5) is 0 Å². The number of hydrogen-bond acceptors (Lipinski definition) is 5. The van der Waals surface area contributed by atoms with E-state index in [9.17, 15) is 9.59 Å². The standard InChI is InChI=1S/C9H18N2O5/c10-8(13)7-11(2-1-9(14)15)3-5-16-6-4-12/h12H,1-7H2,(H2,10,13)(H,14,15). The van der Waals surface area contributed by atoms with Gasteiger partial charge in [-0.25, -0.2) is 0 Å². The monoisotopic (exact) mass is 234 g/mol. The second-order valence-corrected chi connectivity index (χ2v) is 3.22. The van der Waals surface area contributed by atoms with Crippen LogP contribution in [0.25, 0.3) is 0 Å². The van der Waals surface area contributed by atoms with E-state index in [2.05, 4.69) is 0 Å². The van der Waals surface area contributed by atoms with E-state index in [1.165, 1.54) is 0 Å². The van der Waals surface area contributed by atoms with E-state index in [1.54, 1.807) is 4.90 Å². The third-order valence-corrected chi connectivity index (χ3v) is 1.81. The summed E-state index contributed by atoms with van der Waals surface area (Å²) in [6.45, 7) is 1.16. The number of carboxylic acid groups (broad SMARTS) is 1. The molecule has 1 amide bonds. The Bertz CT molecular complexity index is 222. The van der Waals surface area contributed by atoms with Crippen molar-refractivity contribution in [1.82, 2.24) is 4.90 Å². The van der Waals surface area contributed by atoms with Gasteiger partial charge >= 0.3 is 5.97 Å². The van der Waals surface area contributed by atoms with Gasteiger partial charge in [0, 0.05) is 13.1 Å². The highest BCUT2D eigenvalue weighted by Crippen LogP contribution is 1.92. The van der Waals surface area contributed by atoms with Crippen molar-refractivity contribution in [2.75, 3.05) is 39.5 Å². The molecule has 0 aromatic carbocycles. The number of rotatable bonds is 10. The van der Waals surface area contributed by atoms with Gasteiger partial charge in [0.15, 0.2) is 0 Å². The summed E-state index contributed by atoms with van der Waals surface area (Å²) >= 11 is 0. The number of nitrogens with zero attached hydrogens (tertiary/aromatic N) is 1. The lowest BCUT2D eigenvalue weighted by molar-refractivity contribution is -0.137. The van der Waals surface area contributed by atoms with Gasteiger partial charge in [0.05, 0.1) is 32.8 Å². The van der Waals surface area contributed by atoms with E-state index in [-0.39, 0.29) is 32.7 Å². The molecule has 7 nitrogen and oxygen atoms in total. The molecule has 0 saturated carbocycles. The number of hydrogen-bond donors (Lipinski definition) is 3. The first-order valence-corrected chi connectivity index (χ1v) is 4.97. The predicted octanol–water partition coefficient (Wildman–Crippen LogP) is -1.74. The summed E-state index contributed by atoms with van der Waals surface area (Å²) in [5, 5.41) is 17.0. The van der Waals surface area contributed by atoms with Crippen molar-refractivity contribution >= 4 is 11.9 Å². The normalized spacial score (nSPS) is 10.6. The highest BCUT2D eigenvalue weighted by molar-refractivity contribution is 5.76. The molecule has 16 heavy (non-hydrogen) atoms. The molecule has 0 bridgehead atoms. The van der Waals surface area contributed by atoms with Gasteiger partial charge in [-0.2, -0.15) is 0 Å². The second-order valence-electron chi connectivity index (χ2n) is 3.22. The number of aliphatic hydroxyl groups excluding tert-OH is 1. The quantitative estimate of drug-likeness (QED) is 0.387. The molecule has 0 radical (unpaired) electrons. The van der Waals surface area contributed by atoms with Crippen LogP contribution in [-0.4, -0.2) is 66.4 Å². The molecule has 0 saturated heterocycles. The number of carbonyl (C=O) groups excluding carboxylic acids is 1. The van der Waals surface area contributed by atoms with Crippen molar-refractivity contribution in [2.45, 2.75) is 6.42 Å². The van der Waals surface area contributed by atoms with Gasteiger partial charge in [-0.3, -0.25) is 14.5 Å². The molecule has 0 aromatic rings. The molecule has 0 spiro atoms. The van der Waals surface area contributed by atoms with Crippen molar-refractivity contribution in [2.24, 2.45) is 5.73 Å². The molecule has 0 aliphatic rings. The average Bonchev–Trinajstić information content (AvgIpc) is 2.19. The van der Waals surface area contributed by atoms with Crippen molar-refractivity contribution in [3.05, 3.63) is 0 Å². The van der Waals surface area contributed by atoms with E-state index in [4.69, 9.17) is 20.7 Å². The summed E-state index contributed by atoms with van der Waals surface area (Å²) in [5.41, 5.74) is 5.02. The minimum Gasteiger partial charge on any atom is -0.481 e. The van der Waals surface area contributed by atoms with Crippen molar-refractivity contribution in [3.8, 4) is 0 Å². The van der Waals surface area contributed by atoms with Crippen LogP contribution < -0.4 is 5.73 Å². The van der Waals surface area contributed by atoms with Crippen molar-refractivity contribution < 1.29 is 24.5 Å². The molecule has 0 fully saturated rings. The first kappa shape index (κ1) is 14.8. The topological polar surface area (TPSA) is 113 Å². The third-order valence-electron chi connectivity index (χ3n) is 1.81. The second kappa shape index (κ2) is 9.08. The maximum absolute atomic E-state index is 10.7. The molecular weight excluding hydrogens is 216 g/mol.